The molecule has 47 heavy (non-hydrogen) atoms. The number of carbonyl (C=O) groups is 1. The summed E-state index contributed by atoms with van der Waals surface area (Å²) in [5, 5.41) is 11.2. The number of nitrogens with one attached hydrogen (secondary N) is 4. The van der Waals surface area contributed by atoms with E-state index in [4.69, 9.17) is 37.9 Å². The minimum Gasteiger partial charge on any atom is -0.481 e. The standard InChI is InChI=1S/C36H35Cl2N7O2/c1-47-36-21(17-39-18-23-9-12-30(46)41-23)7-10-27(45-36)26-4-2-3-24(31(26)37)25-13-14-40-33(32(25)38)20-6-11-28-29(16-20)44-35(43-28)34-19-5-8-22(15-19)42-34/h2-4,6-7,10-11,13-14,16,19,22-23,34,39,42H,5,8-9,12,15,17-18H2,1H3,(H,41,46)(H,43,44)/t19-,22+,23?,34-/m0/s1. The van der Waals surface area contributed by atoms with Crippen LogP contribution in [0.4, 0.5) is 0 Å². The van der Waals surface area contributed by atoms with E-state index in [9.17, 15) is 4.79 Å². The maximum Gasteiger partial charge on any atom is 0.220 e. The second-order valence-electron chi connectivity index (χ2n) is 12.8. The topological polar surface area (TPSA) is 117 Å². The first-order valence-electron chi connectivity index (χ1n) is 16.2. The van der Waals surface area contributed by atoms with Gasteiger partial charge in [0.15, 0.2) is 0 Å². The number of piperidine rings is 1. The molecule has 8 rings (SSSR count). The Labute approximate surface area is 282 Å². The molecule has 240 valence electrons. The van der Waals surface area contributed by atoms with Crippen LogP contribution in [-0.2, 0) is 11.3 Å². The number of carbonyl (C=O) groups excluding carboxylic acids is 1. The first-order chi connectivity index (χ1) is 22.9. The normalized spacial score (nSPS) is 21.9. The second-order valence-corrected chi connectivity index (χ2v) is 13.5. The van der Waals surface area contributed by atoms with Gasteiger partial charge in [0.05, 0.1) is 45.6 Å². The number of nitrogens with zero attached hydrogens (tertiary/aromatic N) is 3. The number of hydrogen-bond donors (Lipinski definition) is 4. The van der Waals surface area contributed by atoms with Gasteiger partial charge in [0.25, 0.3) is 0 Å². The molecule has 2 bridgehead atoms. The summed E-state index contributed by atoms with van der Waals surface area (Å²) in [6.45, 7) is 1.25. The fraction of sp³-hybridized carbons (Fsp3) is 0.333. The van der Waals surface area contributed by atoms with Crippen LogP contribution < -0.4 is 20.7 Å². The van der Waals surface area contributed by atoms with Crippen LogP contribution in [0.25, 0.3) is 44.7 Å². The number of amides is 1. The number of ether oxygens (including phenoxy) is 1. The molecular formula is C36H35Cl2N7O2. The molecule has 1 saturated carbocycles. The van der Waals surface area contributed by atoms with Crippen molar-refractivity contribution in [1.29, 1.82) is 0 Å². The number of aromatic amines is 1. The quantitative estimate of drug-likeness (QED) is 0.136. The third-order valence-electron chi connectivity index (χ3n) is 9.81. The zero-order valence-electron chi connectivity index (χ0n) is 25.9. The van der Waals surface area contributed by atoms with Crippen LogP contribution in [0.15, 0.2) is 60.8 Å². The lowest BCUT2D eigenvalue weighted by Gasteiger charge is -2.20. The molecule has 5 aromatic rings. The minimum atomic E-state index is 0.108. The summed E-state index contributed by atoms with van der Waals surface area (Å²) in [4.78, 5) is 29.5. The number of hydrogen-bond acceptors (Lipinski definition) is 7. The summed E-state index contributed by atoms with van der Waals surface area (Å²) in [6.07, 6.45) is 6.95. The number of benzene rings is 2. The van der Waals surface area contributed by atoms with Crippen molar-refractivity contribution in [2.24, 2.45) is 5.92 Å². The van der Waals surface area contributed by atoms with Crippen molar-refractivity contribution in [3.05, 3.63) is 82.2 Å². The number of pyridine rings is 2. The lowest BCUT2D eigenvalue weighted by molar-refractivity contribution is -0.119. The number of fused-ring (bicyclic) bond motifs is 3. The van der Waals surface area contributed by atoms with Crippen LogP contribution in [0.3, 0.4) is 0 Å². The SMILES string of the molecule is COc1nc(-c2cccc(-c3ccnc(-c4ccc5nc([C@H]6N[C@@H]7CC[C@H]6C7)[nH]c5c4)c3Cl)c2Cl)ccc1CNCC1CCC(=O)N1. The van der Waals surface area contributed by atoms with E-state index in [1.807, 2.05) is 48.5 Å². The summed E-state index contributed by atoms with van der Waals surface area (Å²) in [7, 11) is 1.61. The molecule has 4 atom stereocenters. The molecule has 1 amide bonds. The van der Waals surface area contributed by atoms with Gasteiger partial charge in [0, 0.05) is 65.6 Å². The Morgan fingerprint density at radius 2 is 1.85 bits per heavy atom. The number of H-pyrrole nitrogens is 1. The average molecular weight is 669 g/mol. The van der Waals surface area contributed by atoms with Crippen LogP contribution >= 0.6 is 23.2 Å². The predicted octanol–water partition coefficient (Wildman–Crippen LogP) is 6.85. The van der Waals surface area contributed by atoms with E-state index in [1.54, 1.807) is 13.3 Å². The number of rotatable bonds is 9. The van der Waals surface area contributed by atoms with Gasteiger partial charge in [-0.05, 0) is 55.9 Å². The van der Waals surface area contributed by atoms with E-state index < -0.39 is 0 Å². The third-order valence-corrected chi connectivity index (χ3v) is 10.6. The molecule has 9 nitrogen and oxygen atoms in total. The fourth-order valence-corrected chi connectivity index (χ4v) is 8.07. The van der Waals surface area contributed by atoms with Crippen molar-refractivity contribution in [2.75, 3.05) is 13.7 Å². The van der Waals surface area contributed by atoms with Crippen molar-refractivity contribution in [2.45, 2.75) is 56.8 Å². The maximum atomic E-state index is 11.5. The van der Waals surface area contributed by atoms with Gasteiger partial charge < -0.3 is 25.7 Å². The van der Waals surface area contributed by atoms with Crippen LogP contribution in [0.5, 0.6) is 5.88 Å². The largest absolute Gasteiger partial charge is 0.481 e. The zero-order chi connectivity index (χ0) is 32.1. The van der Waals surface area contributed by atoms with E-state index in [-0.39, 0.29) is 11.9 Å². The molecule has 1 unspecified atom stereocenters. The third kappa shape index (κ3) is 5.75. The Balaban J connectivity index is 1.05. The van der Waals surface area contributed by atoms with Gasteiger partial charge in [0.1, 0.15) is 5.82 Å². The second kappa shape index (κ2) is 12.5. The average Bonchev–Trinajstić information content (AvgIpc) is 3.90. The Kier molecular flexibility index (Phi) is 8.09. The summed E-state index contributed by atoms with van der Waals surface area (Å²) < 4.78 is 5.66. The number of halogens is 2. The molecule has 2 saturated heterocycles. The molecule has 1 aliphatic carbocycles. The Morgan fingerprint density at radius 3 is 2.64 bits per heavy atom. The molecule has 2 aliphatic heterocycles. The lowest BCUT2D eigenvalue weighted by atomic mass is 9.99. The van der Waals surface area contributed by atoms with Gasteiger partial charge in [-0.2, -0.15) is 0 Å². The highest BCUT2D eigenvalue weighted by Gasteiger charge is 2.41. The number of aromatic nitrogens is 4. The van der Waals surface area contributed by atoms with Gasteiger partial charge in [-0.1, -0.05) is 53.5 Å². The molecule has 11 heteroatoms. The molecular weight excluding hydrogens is 633 g/mol. The number of methoxy groups -OCH3 is 1. The van der Waals surface area contributed by atoms with Crippen LogP contribution in [0, 0.1) is 5.92 Å². The summed E-state index contributed by atoms with van der Waals surface area (Å²) in [6, 6.07) is 18.9. The predicted molar refractivity (Wildman–Crippen MR) is 184 cm³/mol. The minimum absolute atomic E-state index is 0.108. The summed E-state index contributed by atoms with van der Waals surface area (Å²) >= 11 is 14.2. The lowest BCUT2D eigenvalue weighted by Crippen LogP contribution is -2.35. The molecule has 0 radical (unpaired) electrons. The van der Waals surface area contributed by atoms with Crippen LogP contribution in [0.1, 0.15) is 49.5 Å². The molecule has 3 fully saturated rings. The zero-order valence-corrected chi connectivity index (χ0v) is 27.5. The van der Waals surface area contributed by atoms with Gasteiger partial charge in [-0.15, -0.1) is 0 Å². The van der Waals surface area contributed by atoms with E-state index in [1.165, 1.54) is 19.3 Å². The first kappa shape index (κ1) is 30.3. The highest BCUT2D eigenvalue weighted by atomic mass is 35.5. The van der Waals surface area contributed by atoms with Crippen molar-refractivity contribution in [1.82, 2.24) is 35.9 Å². The van der Waals surface area contributed by atoms with Crippen molar-refractivity contribution >= 4 is 40.1 Å². The van der Waals surface area contributed by atoms with Gasteiger partial charge in [0.2, 0.25) is 11.8 Å². The highest BCUT2D eigenvalue weighted by molar-refractivity contribution is 6.39. The molecule has 0 spiro atoms. The molecule has 5 heterocycles. The fourth-order valence-electron chi connectivity index (χ4n) is 7.42. The van der Waals surface area contributed by atoms with Crippen LogP contribution in [-0.4, -0.2) is 51.6 Å². The Hall–Kier alpha value is -4.02. The van der Waals surface area contributed by atoms with Gasteiger partial charge in [-0.3, -0.25) is 9.78 Å². The highest BCUT2D eigenvalue weighted by Crippen LogP contribution is 2.44. The van der Waals surface area contributed by atoms with Gasteiger partial charge in [-0.25, -0.2) is 9.97 Å². The Morgan fingerprint density at radius 1 is 0.979 bits per heavy atom. The summed E-state index contributed by atoms with van der Waals surface area (Å²) in [5.74, 6) is 2.29. The van der Waals surface area contributed by atoms with E-state index in [0.29, 0.717) is 64.8 Å². The van der Waals surface area contributed by atoms with Crippen molar-refractivity contribution < 1.29 is 9.53 Å². The Bertz CT molecular complexity index is 2000. The first-order valence-corrected chi connectivity index (χ1v) is 16.9. The van der Waals surface area contributed by atoms with Crippen LogP contribution in [0.2, 0.25) is 10.0 Å². The van der Waals surface area contributed by atoms with Crippen molar-refractivity contribution in [3.8, 4) is 39.5 Å². The molecule has 4 N–H and O–H groups in total. The van der Waals surface area contributed by atoms with E-state index in [2.05, 4.69) is 32.0 Å². The monoisotopic (exact) mass is 667 g/mol. The van der Waals surface area contributed by atoms with E-state index in [0.717, 1.165) is 51.1 Å². The molecule has 3 aromatic heterocycles. The summed E-state index contributed by atoms with van der Waals surface area (Å²) in [5.41, 5.74) is 7.43. The number of imidazole rings is 1. The van der Waals surface area contributed by atoms with Crippen molar-refractivity contribution in [3.63, 3.8) is 0 Å². The van der Waals surface area contributed by atoms with Gasteiger partial charge >= 0.3 is 0 Å². The smallest absolute Gasteiger partial charge is 0.220 e. The maximum absolute atomic E-state index is 11.5. The molecule has 2 aromatic carbocycles. The molecule has 3 aliphatic rings. The van der Waals surface area contributed by atoms with E-state index >= 15 is 0 Å².